The lowest BCUT2D eigenvalue weighted by atomic mass is 10.3. The highest BCUT2D eigenvalue weighted by Gasteiger charge is 1.89. The first-order valence-electron chi connectivity index (χ1n) is 4.07. The van der Waals surface area contributed by atoms with Crippen LogP contribution in [0.5, 0.6) is 0 Å². The van der Waals surface area contributed by atoms with E-state index in [1.165, 1.54) is 35.0 Å². The molecule has 0 aromatic heterocycles. The molecule has 0 saturated carbocycles. The second kappa shape index (κ2) is 8.54. The first kappa shape index (κ1) is 11.4. The third kappa shape index (κ3) is 10.4. The zero-order valence-electron chi connectivity index (χ0n) is 7.56. The summed E-state index contributed by atoms with van der Waals surface area (Å²) < 4.78 is 0. The minimum Gasteiger partial charge on any atom is -0.161 e. The van der Waals surface area contributed by atoms with Crippen LogP contribution in [-0.2, 0) is 0 Å². The monoisotopic (exact) mass is 190 g/mol. The summed E-state index contributed by atoms with van der Waals surface area (Å²) in [6.45, 7) is 8.18. The third-order valence-corrected chi connectivity index (χ3v) is 3.39. The molecule has 0 aliphatic rings. The molecule has 11 heavy (non-hydrogen) atoms. The smallest absolute Gasteiger partial charge is 0.00236 e. The van der Waals surface area contributed by atoms with Crippen LogP contribution in [0.4, 0.5) is 0 Å². The van der Waals surface area contributed by atoms with Gasteiger partial charge in [-0.2, -0.15) is 23.5 Å². The maximum atomic E-state index is 3.87. The van der Waals surface area contributed by atoms with E-state index in [1.54, 1.807) is 0 Å². The number of hydrogen-bond donors (Lipinski definition) is 0. The van der Waals surface area contributed by atoms with Crippen LogP contribution in [-0.4, -0.2) is 23.0 Å². The molecule has 0 aromatic rings. The maximum Gasteiger partial charge on any atom is 0.00236 e. The molecule has 0 rings (SSSR count). The van der Waals surface area contributed by atoms with Gasteiger partial charge < -0.3 is 0 Å². The van der Waals surface area contributed by atoms with E-state index in [0.29, 0.717) is 0 Å². The van der Waals surface area contributed by atoms with E-state index in [-0.39, 0.29) is 0 Å². The maximum absolute atomic E-state index is 3.87. The SMILES string of the molecule is C=C(C)CCSCCSCC. The van der Waals surface area contributed by atoms with Crippen LogP contribution >= 0.6 is 23.5 Å². The fourth-order valence-electron chi connectivity index (χ4n) is 0.611. The molecule has 0 saturated heterocycles. The topological polar surface area (TPSA) is 0 Å². The predicted octanol–water partition coefficient (Wildman–Crippen LogP) is 3.44. The molecule has 0 heterocycles. The Labute approximate surface area is 79.2 Å². The molecule has 0 unspecified atom stereocenters. The first-order valence-corrected chi connectivity index (χ1v) is 6.38. The van der Waals surface area contributed by atoms with Crippen LogP contribution in [0, 0.1) is 0 Å². The molecule has 0 nitrogen and oxygen atoms in total. The van der Waals surface area contributed by atoms with E-state index in [2.05, 4.69) is 20.4 Å². The summed E-state index contributed by atoms with van der Waals surface area (Å²) >= 11 is 4.06. The van der Waals surface area contributed by atoms with Crippen LogP contribution in [0.2, 0.25) is 0 Å². The van der Waals surface area contributed by atoms with Gasteiger partial charge in [0.25, 0.3) is 0 Å². The summed E-state index contributed by atoms with van der Waals surface area (Å²) in [7, 11) is 0. The lowest BCUT2D eigenvalue weighted by molar-refractivity contribution is 1.12. The summed E-state index contributed by atoms with van der Waals surface area (Å²) in [6.07, 6.45) is 1.18. The zero-order valence-corrected chi connectivity index (χ0v) is 9.19. The number of rotatable bonds is 7. The van der Waals surface area contributed by atoms with E-state index in [0.717, 1.165) is 0 Å². The van der Waals surface area contributed by atoms with E-state index in [1.807, 2.05) is 23.5 Å². The molecule has 0 spiro atoms. The Morgan fingerprint density at radius 2 is 1.82 bits per heavy atom. The minimum absolute atomic E-state index is 1.18. The Morgan fingerprint density at radius 3 is 2.36 bits per heavy atom. The molecular weight excluding hydrogens is 172 g/mol. The Kier molecular flexibility index (Phi) is 8.88. The van der Waals surface area contributed by atoms with Crippen molar-refractivity contribution < 1.29 is 0 Å². The van der Waals surface area contributed by atoms with Crippen molar-refractivity contribution in [3.8, 4) is 0 Å². The van der Waals surface area contributed by atoms with Crippen molar-refractivity contribution in [3.63, 3.8) is 0 Å². The van der Waals surface area contributed by atoms with Crippen LogP contribution in [0.15, 0.2) is 12.2 Å². The molecule has 2 heteroatoms. The van der Waals surface area contributed by atoms with E-state index in [4.69, 9.17) is 0 Å². The lowest BCUT2D eigenvalue weighted by Gasteiger charge is -1.99. The zero-order chi connectivity index (χ0) is 8.53. The van der Waals surface area contributed by atoms with Gasteiger partial charge in [-0.15, -0.1) is 6.58 Å². The fraction of sp³-hybridized carbons (Fsp3) is 0.778. The standard InChI is InChI=1S/C9H18S2/c1-4-10-7-8-11-6-5-9(2)3/h2,4-8H2,1,3H3. The highest BCUT2D eigenvalue weighted by Crippen LogP contribution is 2.09. The molecule has 66 valence electrons. The highest BCUT2D eigenvalue weighted by atomic mass is 32.2. The Morgan fingerprint density at radius 1 is 1.18 bits per heavy atom. The second-order valence-corrected chi connectivity index (χ2v) is 5.13. The molecular formula is C9H18S2. The summed E-state index contributed by atoms with van der Waals surface area (Å²) in [4.78, 5) is 0. The Hall–Kier alpha value is 0.440. The summed E-state index contributed by atoms with van der Waals surface area (Å²) in [6, 6.07) is 0. The average Bonchev–Trinajstić information content (AvgIpc) is 1.96. The van der Waals surface area contributed by atoms with E-state index in [9.17, 15) is 0 Å². The molecule has 0 aromatic carbocycles. The van der Waals surface area contributed by atoms with Crippen molar-refractivity contribution in [3.05, 3.63) is 12.2 Å². The van der Waals surface area contributed by atoms with Gasteiger partial charge >= 0.3 is 0 Å². The third-order valence-electron chi connectivity index (χ3n) is 1.25. The summed E-state index contributed by atoms with van der Waals surface area (Å²) in [5, 5.41) is 0. The van der Waals surface area contributed by atoms with Crippen molar-refractivity contribution in [2.75, 3.05) is 23.0 Å². The van der Waals surface area contributed by atoms with E-state index >= 15 is 0 Å². The lowest BCUT2D eigenvalue weighted by Crippen LogP contribution is -1.87. The molecule has 0 bridgehead atoms. The van der Waals surface area contributed by atoms with Gasteiger partial charge in [-0.1, -0.05) is 12.5 Å². The number of hydrogen-bond acceptors (Lipinski definition) is 2. The second-order valence-electron chi connectivity index (χ2n) is 2.52. The summed E-state index contributed by atoms with van der Waals surface area (Å²) in [5.41, 5.74) is 1.31. The van der Waals surface area contributed by atoms with Crippen LogP contribution in [0.25, 0.3) is 0 Å². The molecule has 0 amide bonds. The van der Waals surface area contributed by atoms with Crippen molar-refractivity contribution in [2.45, 2.75) is 20.3 Å². The van der Waals surface area contributed by atoms with Gasteiger partial charge in [-0.05, 0) is 24.9 Å². The molecule has 0 aliphatic heterocycles. The molecule has 0 fully saturated rings. The van der Waals surface area contributed by atoms with Crippen molar-refractivity contribution in [1.29, 1.82) is 0 Å². The predicted molar refractivity (Wildman–Crippen MR) is 59.8 cm³/mol. The minimum atomic E-state index is 1.18. The van der Waals surface area contributed by atoms with Gasteiger partial charge in [0.15, 0.2) is 0 Å². The quantitative estimate of drug-likeness (QED) is 0.445. The van der Waals surface area contributed by atoms with Gasteiger partial charge in [-0.3, -0.25) is 0 Å². The van der Waals surface area contributed by atoms with Gasteiger partial charge in [-0.25, -0.2) is 0 Å². The largest absolute Gasteiger partial charge is 0.161 e. The van der Waals surface area contributed by atoms with Crippen LogP contribution < -0.4 is 0 Å². The van der Waals surface area contributed by atoms with Crippen molar-refractivity contribution in [1.82, 2.24) is 0 Å². The Balaban J connectivity index is 2.85. The van der Waals surface area contributed by atoms with Crippen molar-refractivity contribution in [2.24, 2.45) is 0 Å². The number of allylic oxidation sites excluding steroid dienone is 1. The first-order chi connectivity index (χ1) is 5.27. The van der Waals surface area contributed by atoms with Gasteiger partial charge in [0.05, 0.1) is 0 Å². The fourth-order valence-corrected chi connectivity index (χ4v) is 2.54. The van der Waals surface area contributed by atoms with Gasteiger partial charge in [0.1, 0.15) is 0 Å². The highest BCUT2D eigenvalue weighted by molar-refractivity contribution is 8.02. The normalized spacial score (nSPS) is 10.0. The van der Waals surface area contributed by atoms with Crippen molar-refractivity contribution >= 4 is 23.5 Å². The van der Waals surface area contributed by atoms with Crippen LogP contribution in [0.1, 0.15) is 20.3 Å². The van der Waals surface area contributed by atoms with E-state index < -0.39 is 0 Å². The van der Waals surface area contributed by atoms with Gasteiger partial charge in [0.2, 0.25) is 0 Å². The average molecular weight is 190 g/mol. The molecule has 0 atom stereocenters. The van der Waals surface area contributed by atoms with Crippen LogP contribution in [0.3, 0.4) is 0 Å². The Bertz CT molecular complexity index is 99.7. The molecule has 0 N–H and O–H groups in total. The summed E-state index contributed by atoms with van der Waals surface area (Å²) in [5.74, 6) is 5.10. The molecule has 0 aliphatic carbocycles. The molecule has 0 radical (unpaired) electrons. The van der Waals surface area contributed by atoms with Gasteiger partial charge in [0, 0.05) is 11.5 Å². The number of thioether (sulfide) groups is 2.